The SMILES string of the molecule is CC=Cc1ccc(OCC(=O)N(Cc2ccccc2)C(C)C)c(OC)c1. The van der Waals surface area contributed by atoms with Crippen molar-refractivity contribution in [1.82, 2.24) is 4.90 Å². The number of methoxy groups -OCH3 is 1. The van der Waals surface area contributed by atoms with E-state index in [0.29, 0.717) is 18.0 Å². The van der Waals surface area contributed by atoms with Crippen LogP contribution in [0.2, 0.25) is 0 Å². The third-order valence-electron chi connectivity index (χ3n) is 4.04. The third-order valence-corrected chi connectivity index (χ3v) is 4.04. The van der Waals surface area contributed by atoms with E-state index >= 15 is 0 Å². The Balaban J connectivity index is 2.05. The summed E-state index contributed by atoms with van der Waals surface area (Å²) in [6.45, 7) is 6.52. The minimum Gasteiger partial charge on any atom is -0.493 e. The number of carbonyl (C=O) groups is 1. The number of hydrogen-bond acceptors (Lipinski definition) is 3. The Labute approximate surface area is 156 Å². The van der Waals surface area contributed by atoms with Crippen molar-refractivity contribution >= 4 is 12.0 Å². The van der Waals surface area contributed by atoms with Crippen LogP contribution >= 0.6 is 0 Å². The first kappa shape index (κ1) is 19.6. The molecule has 0 heterocycles. The molecule has 2 aromatic rings. The second-order valence-corrected chi connectivity index (χ2v) is 6.30. The van der Waals surface area contributed by atoms with Crippen LogP contribution in [0.5, 0.6) is 11.5 Å². The van der Waals surface area contributed by atoms with Gasteiger partial charge in [0.2, 0.25) is 0 Å². The van der Waals surface area contributed by atoms with Crippen LogP contribution in [0.3, 0.4) is 0 Å². The minimum absolute atomic E-state index is 0.0235. The monoisotopic (exact) mass is 353 g/mol. The fourth-order valence-corrected chi connectivity index (χ4v) is 2.66. The number of carbonyl (C=O) groups excluding carboxylic acids is 1. The second-order valence-electron chi connectivity index (χ2n) is 6.30. The molecule has 26 heavy (non-hydrogen) atoms. The standard InChI is InChI=1S/C22H27NO3/c1-5-9-18-12-13-20(21(14-18)25-4)26-16-22(24)23(17(2)3)15-19-10-7-6-8-11-19/h5-14,17H,15-16H2,1-4H3. The molecule has 0 aromatic heterocycles. The third kappa shape index (κ3) is 5.38. The van der Waals surface area contributed by atoms with Crippen LogP contribution in [0.1, 0.15) is 31.9 Å². The molecule has 0 atom stereocenters. The summed E-state index contributed by atoms with van der Waals surface area (Å²) in [5, 5.41) is 0. The molecule has 4 nitrogen and oxygen atoms in total. The van der Waals surface area contributed by atoms with Crippen molar-refractivity contribution in [2.75, 3.05) is 13.7 Å². The van der Waals surface area contributed by atoms with Crippen LogP contribution < -0.4 is 9.47 Å². The number of hydrogen-bond donors (Lipinski definition) is 0. The van der Waals surface area contributed by atoms with Gasteiger partial charge in [-0.1, -0.05) is 48.6 Å². The first-order valence-electron chi connectivity index (χ1n) is 8.82. The van der Waals surface area contributed by atoms with E-state index in [1.54, 1.807) is 7.11 Å². The Kier molecular flexibility index (Phi) is 7.27. The highest BCUT2D eigenvalue weighted by atomic mass is 16.5. The van der Waals surface area contributed by atoms with Crippen LogP contribution in [0.4, 0.5) is 0 Å². The highest BCUT2D eigenvalue weighted by Crippen LogP contribution is 2.28. The lowest BCUT2D eigenvalue weighted by Gasteiger charge is -2.27. The number of ether oxygens (including phenoxy) is 2. The summed E-state index contributed by atoms with van der Waals surface area (Å²) >= 11 is 0. The molecular weight excluding hydrogens is 326 g/mol. The maximum Gasteiger partial charge on any atom is 0.261 e. The van der Waals surface area contributed by atoms with Gasteiger partial charge in [0.15, 0.2) is 18.1 Å². The topological polar surface area (TPSA) is 38.8 Å². The van der Waals surface area contributed by atoms with Gasteiger partial charge in [-0.25, -0.2) is 0 Å². The number of nitrogens with zero attached hydrogens (tertiary/aromatic N) is 1. The van der Waals surface area contributed by atoms with Crippen molar-refractivity contribution in [3.63, 3.8) is 0 Å². The van der Waals surface area contributed by atoms with Crippen LogP contribution in [0.25, 0.3) is 6.08 Å². The molecule has 0 bridgehead atoms. The fraction of sp³-hybridized carbons (Fsp3) is 0.318. The molecule has 0 aliphatic carbocycles. The lowest BCUT2D eigenvalue weighted by atomic mass is 10.2. The van der Waals surface area contributed by atoms with E-state index in [0.717, 1.165) is 11.1 Å². The van der Waals surface area contributed by atoms with Gasteiger partial charge < -0.3 is 14.4 Å². The van der Waals surface area contributed by atoms with E-state index in [1.165, 1.54) is 0 Å². The molecule has 0 N–H and O–H groups in total. The van der Waals surface area contributed by atoms with Gasteiger partial charge in [0.25, 0.3) is 5.91 Å². The molecule has 0 aliphatic rings. The van der Waals surface area contributed by atoms with Gasteiger partial charge in [-0.3, -0.25) is 4.79 Å². The summed E-state index contributed by atoms with van der Waals surface area (Å²) in [5.74, 6) is 1.13. The second kappa shape index (κ2) is 9.66. The van der Waals surface area contributed by atoms with E-state index in [-0.39, 0.29) is 18.6 Å². The van der Waals surface area contributed by atoms with Crippen molar-refractivity contribution < 1.29 is 14.3 Å². The number of benzene rings is 2. The lowest BCUT2D eigenvalue weighted by Crippen LogP contribution is -2.39. The predicted molar refractivity (Wildman–Crippen MR) is 105 cm³/mol. The molecule has 4 heteroatoms. The molecule has 0 unspecified atom stereocenters. The molecule has 0 fully saturated rings. The molecule has 0 aliphatic heterocycles. The molecule has 0 saturated carbocycles. The van der Waals surface area contributed by atoms with Crippen LogP contribution in [-0.4, -0.2) is 30.6 Å². The Morgan fingerprint density at radius 2 is 1.85 bits per heavy atom. The lowest BCUT2D eigenvalue weighted by molar-refractivity contribution is -0.135. The molecule has 0 radical (unpaired) electrons. The average molecular weight is 353 g/mol. The predicted octanol–water partition coefficient (Wildman–Crippen LogP) is 4.54. The van der Waals surface area contributed by atoms with E-state index in [1.807, 2.05) is 86.4 Å². The van der Waals surface area contributed by atoms with Crippen LogP contribution in [0.15, 0.2) is 54.6 Å². The molecule has 0 spiro atoms. The van der Waals surface area contributed by atoms with E-state index < -0.39 is 0 Å². The summed E-state index contributed by atoms with van der Waals surface area (Å²) in [7, 11) is 1.60. The molecule has 138 valence electrons. The smallest absolute Gasteiger partial charge is 0.261 e. The maximum absolute atomic E-state index is 12.7. The van der Waals surface area contributed by atoms with Gasteiger partial charge in [-0.2, -0.15) is 0 Å². The van der Waals surface area contributed by atoms with Gasteiger partial charge >= 0.3 is 0 Å². The van der Waals surface area contributed by atoms with E-state index in [2.05, 4.69) is 0 Å². The van der Waals surface area contributed by atoms with Gasteiger partial charge in [0.1, 0.15) is 0 Å². The summed E-state index contributed by atoms with van der Waals surface area (Å²) in [5.41, 5.74) is 2.12. The summed E-state index contributed by atoms with van der Waals surface area (Å²) in [6.07, 6.45) is 3.95. The van der Waals surface area contributed by atoms with Gasteiger partial charge in [0.05, 0.1) is 7.11 Å². The van der Waals surface area contributed by atoms with Gasteiger partial charge in [-0.05, 0) is 44.0 Å². The number of amides is 1. The van der Waals surface area contributed by atoms with Crippen LogP contribution in [-0.2, 0) is 11.3 Å². The molecule has 2 aromatic carbocycles. The average Bonchev–Trinajstić information content (AvgIpc) is 2.65. The van der Waals surface area contributed by atoms with Crippen molar-refractivity contribution in [3.8, 4) is 11.5 Å². The first-order valence-corrected chi connectivity index (χ1v) is 8.82. The molecule has 0 saturated heterocycles. The zero-order valence-electron chi connectivity index (χ0n) is 15.9. The first-order chi connectivity index (χ1) is 12.5. The van der Waals surface area contributed by atoms with Gasteiger partial charge in [0, 0.05) is 12.6 Å². The van der Waals surface area contributed by atoms with E-state index in [9.17, 15) is 4.79 Å². The molecular formula is C22H27NO3. The normalized spacial score (nSPS) is 11.0. The summed E-state index contributed by atoms with van der Waals surface area (Å²) in [6, 6.07) is 15.7. The Hall–Kier alpha value is -2.75. The van der Waals surface area contributed by atoms with Crippen molar-refractivity contribution in [2.45, 2.75) is 33.4 Å². The Morgan fingerprint density at radius 1 is 1.12 bits per heavy atom. The van der Waals surface area contributed by atoms with E-state index in [4.69, 9.17) is 9.47 Å². The highest BCUT2D eigenvalue weighted by Gasteiger charge is 2.18. The fourth-order valence-electron chi connectivity index (χ4n) is 2.66. The Bertz CT molecular complexity index is 738. The summed E-state index contributed by atoms with van der Waals surface area (Å²) in [4.78, 5) is 14.5. The zero-order chi connectivity index (χ0) is 18.9. The molecule has 1 amide bonds. The van der Waals surface area contributed by atoms with Crippen molar-refractivity contribution in [2.24, 2.45) is 0 Å². The maximum atomic E-state index is 12.7. The van der Waals surface area contributed by atoms with Crippen molar-refractivity contribution in [1.29, 1.82) is 0 Å². The summed E-state index contributed by atoms with van der Waals surface area (Å²) < 4.78 is 11.1. The zero-order valence-corrected chi connectivity index (χ0v) is 15.9. The largest absolute Gasteiger partial charge is 0.493 e. The van der Waals surface area contributed by atoms with Crippen LogP contribution in [0, 0.1) is 0 Å². The minimum atomic E-state index is -0.0524. The van der Waals surface area contributed by atoms with Crippen molar-refractivity contribution in [3.05, 3.63) is 65.7 Å². The quantitative estimate of drug-likeness (QED) is 0.699. The highest BCUT2D eigenvalue weighted by molar-refractivity contribution is 5.78. The number of rotatable bonds is 8. The molecule has 2 rings (SSSR count). The Morgan fingerprint density at radius 3 is 2.46 bits per heavy atom. The van der Waals surface area contributed by atoms with Gasteiger partial charge in [-0.15, -0.1) is 0 Å². The number of allylic oxidation sites excluding steroid dienone is 1.